The summed E-state index contributed by atoms with van der Waals surface area (Å²) in [6.45, 7) is 1.93. The summed E-state index contributed by atoms with van der Waals surface area (Å²) in [7, 11) is 3.09. The number of carbonyl (C=O) groups is 2. The summed E-state index contributed by atoms with van der Waals surface area (Å²) in [6, 6.07) is 12.7. The Kier molecular flexibility index (Phi) is 5.11. The van der Waals surface area contributed by atoms with Crippen LogP contribution < -0.4 is 20.1 Å². The summed E-state index contributed by atoms with van der Waals surface area (Å²) in [4.78, 5) is 24.9. The molecule has 2 unspecified atom stereocenters. The molecule has 0 aromatic heterocycles. The Morgan fingerprint density at radius 2 is 1.58 bits per heavy atom. The number of ether oxygens (including phenoxy) is 2. The van der Waals surface area contributed by atoms with E-state index < -0.39 is 0 Å². The zero-order valence-corrected chi connectivity index (χ0v) is 15.0. The highest BCUT2D eigenvalue weighted by molar-refractivity contribution is 6.04. The average Bonchev–Trinajstić information content (AvgIpc) is 3.44. The normalized spacial score (nSPS) is 18.0. The SMILES string of the molecule is COc1ccc(OC)c(NC(=O)C2CC2C(=O)Nc2ccccc2C)c1. The highest BCUT2D eigenvalue weighted by Crippen LogP contribution is 2.41. The third kappa shape index (κ3) is 3.79. The lowest BCUT2D eigenvalue weighted by atomic mass is 10.2. The third-order valence-corrected chi connectivity index (χ3v) is 4.53. The van der Waals surface area contributed by atoms with Crippen LogP contribution in [0.15, 0.2) is 42.5 Å². The molecule has 2 N–H and O–H groups in total. The van der Waals surface area contributed by atoms with E-state index in [-0.39, 0.29) is 23.7 Å². The Morgan fingerprint density at radius 1 is 0.923 bits per heavy atom. The lowest BCUT2D eigenvalue weighted by molar-refractivity contribution is -0.122. The van der Waals surface area contributed by atoms with E-state index >= 15 is 0 Å². The van der Waals surface area contributed by atoms with Crippen molar-refractivity contribution in [3.63, 3.8) is 0 Å². The molecule has 0 radical (unpaired) electrons. The van der Waals surface area contributed by atoms with Crippen molar-refractivity contribution in [3.8, 4) is 11.5 Å². The molecule has 0 saturated heterocycles. The Hall–Kier alpha value is -3.02. The molecule has 0 aliphatic heterocycles. The molecule has 1 saturated carbocycles. The molecule has 2 atom stereocenters. The van der Waals surface area contributed by atoms with Crippen molar-refractivity contribution in [3.05, 3.63) is 48.0 Å². The molecule has 1 aliphatic rings. The number of amides is 2. The summed E-state index contributed by atoms with van der Waals surface area (Å²) in [5.41, 5.74) is 2.29. The topological polar surface area (TPSA) is 76.7 Å². The van der Waals surface area contributed by atoms with Gasteiger partial charge in [0.15, 0.2) is 0 Å². The van der Waals surface area contributed by atoms with Crippen LogP contribution in [0.1, 0.15) is 12.0 Å². The third-order valence-electron chi connectivity index (χ3n) is 4.53. The van der Waals surface area contributed by atoms with Gasteiger partial charge in [-0.15, -0.1) is 0 Å². The molecule has 26 heavy (non-hydrogen) atoms. The molecule has 3 rings (SSSR count). The molecule has 2 amide bonds. The van der Waals surface area contributed by atoms with Crippen LogP contribution in [0.4, 0.5) is 11.4 Å². The first-order valence-corrected chi connectivity index (χ1v) is 8.43. The summed E-state index contributed by atoms with van der Waals surface area (Å²) >= 11 is 0. The van der Waals surface area contributed by atoms with Crippen LogP contribution >= 0.6 is 0 Å². The number of anilines is 2. The molecule has 136 valence electrons. The maximum Gasteiger partial charge on any atom is 0.228 e. The largest absolute Gasteiger partial charge is 0.497 e. The highest BCUT2D eigenvalue weighted by Gasteiger charge is 2.48. The predicted octanol–water partition coefficient (Wildman–Crippen LogP) is 3.23. The van der Waals surface area contributed by atoms with Crippen molar-refractivity contribution >= 4 is 23.2 Å². The van der Waals surface area contributed by atoms with Crippen molar-refractivity contribution < 1.29 is 19.1 Å². The number of aryl methyl sites for hydroxylation is 1. The minimum absolute atomic E-state index is 0.128. The van der Waals surface area contributed by atoms with Crippen LogP contribution in [0, 0.1) is 18.8 Å². The van der Waals surface area contributed by atoms with E-state index in [4.69, 9.17) is 9.47 Å². The number of rotatable bonds is 6. The van der Waals surface area contributed by atoms with E-state index in [9.17, 15) is 9.59 Å². The Labute approximate surface area is 152 Å². The fraction of sp³-hybridized carbons (Fsp3) is 0.300. The van der Waals surface area contributed by atoms with Crippen LogP contribution in [-0.2, 0) is 9.59 Å². The van der Waals surface area contributed by atoms with Crippen LogP contribution in [0.3, 0.4) is 0 Å². The monoisotopic (exact) mass is 354 g/mol. The average molecular weight is 354 g/mol. The molecule has 6 nitrogen and oxygen atoms in total. The maximum atomic E-state index is 12.5. The lowest BCUT2D eigenvalue weighted by Crippen LogP contribution is -2.21. The Morgan fingerprint density at radius 3 is 2.19 bits per heavy atom. The van der Waals surface area contributed by atoms with Gasteiger partial charge in [0.05, 0.1) is 31.7 Å². The quantitative estimate of drug-likeness (QED) is 0.835. The number of carbonyl (C=O) groups excluding carboxylic acids is 2. The molecule has 0 bridgehead atoms. The van der Waals surface area contributed by atoms with Crippen molar-refractivity contribution in [2.75, 3.05) is 24.9 Å². The van der Waals surface area contributed by atoms with Gasteiger partial charge in [-0.05, 0) is 37.1 Å². The number of benzene rings is 2. The zero-order valence-electron chi connectivity index (χ0n) is 15.0. The van der Waals surface area contributed by atoms with Crippen LogP contribution in [0.5, 0.6) is 11.5 Å². The first kappa shape index (κ1) is 17.8. The number of hydrogen-bond donors (Lipinski definition) is 2. The summed E-state index contributed by atoms with van der Waals surface area (Å²) < 4.78 is 10.4. The van der Waals surface area contributed by atoms with Crippen molar-refractivity contribution in [2.24, 2.45) is 11.8 Å². The van der Waals surface area contributed by atoms with Crippen LogP contribution in [0.2, 0.25) is 0 Å². The molecular weight excluding hydrogens is 332 g/mol. The molecule has 0 heterocycles. The lowest BCUT2D eigenvalue weighted by Gasteiger charge is -2.12. The van der Waals surface area contributed by atoms with E-state index in [1.54, 1.807) is 25.3 Å². The summed E-state index contributed by atoms with van der Waals surface area (Å²) in [5, 5.41) is 5.73. The van der Waals surface area contributed by atoms with Crippen molar-refractivity contribution in [1.29, 1.82) is 0 Å². The second-order valence-electron chi connectivity index (χ2n) is 6.31. The first-order chi connectivity index (χ1) is 12.5. The van der Waals surface area contributed by atoms with Crippen molar-refractivity contribution in [1.82, 2.24) is 0 Å². The Balaban J connectivity index is 1.62. The van der Waals surface area contributed by atoms with Crippen LogP contribution in [0.25, 0.3) is 0 Å². The molecule has 2 aromatic carbocycles. The van der Waals surface area contributed by atoms with Gasteiger partial charge in [0.2, 0.25) is 11.8 Å². The molecule has 6 heteroatoms. The summed E-state index contributed by atoms with van der Waals surface area (Å²) in [6.07, 6.45) is 0.538. The van der Waals surface area contributed by atoms with Gasteiger partial charge < -0.3 is 20.1 Å². The second kappa shape index (κ2) is 7.47. The van der Waals surface area contributed by atoms with E-state index in [0.717, 1.165) is 11.3 Å². The van der Waals surface area contributed by atoms with Gasteiger partial charge >= 0.3 is 0 Å². The van der Waals surface area contributed by atoms with Crippen molar-refractivity contribution in [2.45, 2.75) is 13.3 Å². The van der Waals surface area contributed by atoms with Gasteiger partial charge in [0, 0.05) is 11.8 Å². The van der Waals surface area contributed by atoms with Crippen LogP contribution in [-0.4, -0.2) is 26.0 Å². The molecular formula is C20H22N2O4. The number of hydrogen-bond acceptors (Lipinski definition) is 4. The number of para-hydroxylation sites is 1. The van der Waals surface area contributed by atoms with Gasteiger partial charge in [-0.3, -0.25) is 9.59 Å². The fourth-order valence-corrected chi connectivity index (χ4v) is 2.85. The summed E-state index contributed by atoms with van der Waals surface area (Å²) in [5.74, 6) is 0.186. The number of nitrogens with one attached hydrogen (secondary N) is 2. The first-order valence-electron chi connectivity index (χ1n) is 8.43. The number of methoxy groups -OCH3 is 2. The highest BCUT2D eigenvalue weighted by atomic mass is 16.5. The molecule has 0 spiro atoms. The zero-order chi connectivity index (χ0) is 18.7. The predicted molar refractivity (Wildman–Crippen MR) is 99.6 cm³/mol. The van der Waals surface area contributed by atoms with E-state index in [2.05, 4.69) is 10.6 Å². The van der Waals surface area contributed by atoms with Gasteiger partial charge in [0.25, 0.3) is 0 Å². The van der Waals surface area contributed by atoms with E-state index in [1.807, 2.05) is 31.2 Å². The Bertz CT molecular complexity index is 834. The fourth-order valence-electron chi connectivity index (χ4n) is 2.85. The second-order valence-corrected chi connectivity index (χ2v) is 6.31. The standard InChI is InChI=1S/C20H22N2O4/c1-12-6-4-5-7-16(12)21-19(23)14-11-15(14)20(24)22-17-10-13(25-2)8-9-18(17)26-3/h4-10,14-15H,11H2,1-3H3,(H,21,23)(H,22,24). The van der Waals surface area contributed by atoms with Gasteiger partial charge in [-0.25, -0.2) is 0 Å². The van der Waals surface area contributed by atoms with Gasteiger partial charge in [0.1, 0.15) is 11.5 Å². The smallest absolute Gasteiger partial charge is 0.228 e. The minimum Gasteiger partial charge on any atom is -0.497 e. The van der Waals surface area contributed by atoms with Gasteiger partial charge in [-0.2, -0.15) is 0 Å². The molecule has 1 fully saturated rings. The molecule has 2 aromatic rings. The van der Waals surface area contributed by atoms with Gasteiger partial charge in [-0.1, -0.05) is 18.2 Å². The maximum absolute atomic E-state index is 12.5. The molecule has 1 aliphatic carbocycles. The van der Waals surface area contributed by atoms with E-state index in [0.29, 0.717) is 23.6 Å². The minimum atomic E-state index is -0.338. The van der Waals surface area contributed by atoms with E-state index in [1.165, 1.54) is 7.11 Å².